The molecule has 11 heteroatoms. The maximum absolute atomic E-state index is 15.4. The lowest BCUT2D eigenvalue weighted by atomic mass is 10.0. The van der Waals surface area contributed by atoms with Gasteiger partial charge < -0.3 is 31.1 Å². The van der Waals surface area contributed by atoms with E-state index in [1.165, 1.54) is 17.3 Å². The molecular weight excluding hydrogens is 471 g/mol. The van der Waals surface area contributed by atoms with Crippen LogP contribution in [0.4, 0.5) is 37.8 Å². The number of carbonyl (C=O) groups excluding carboxylic acids is 1. The first kappa shape index (κ1) is 24.5. The third-order valence-electron chi connectivity index (χ3n) is 5.87. The molecule has 0 bridgehead atoms. The lowest BCUT2D eigenvalue weighted by Crippen LogP contribution is -2.44. The number of hydrogen-bond acceptors (Lipinski definition) is 7. The van der Waals surface area contributed by atoms with E-state index in [0.717, 1.165) is 26.2 Å². The number of nitrogens with one attached hydrogen (secondary N) is 2. The van der Waals surface area contributed by atoms with E-state index < -0.39 is 0 Å². The van der Waals surface area contributed by atoms with Gasteiger partial charge in [0.1, 0.15) is 17.8 Å². The van der Waals surface area contributed by atoms with E-state index in [9.17, 15) is 4.79 Å². The van der Waals surface area contributed by atoms with Crippen LogP contribution in [0, 0.1) is 5.82 Å². The van der Waals surface area contributed by atoms with E-state index in [4.69, 9.17) is 17.3 Å². The predicted octanol–water partition coefficient (Wildman–Crippen LogP) is 4.11. The highest BCUT2D eigenvalue weighted by Crippen LogP contribution is 2.37. The molecule has 1 aliphatic rings. The van der Waals surface area contributed by atoms with Gasteiger partial charge in [-0.05, 0) is 36.9 Å². The van der Waals surface area contributed by atoms with E-state index >= 15 is 4.39 Å². The van der Waals surface area contributed by atoms with Crippen LogP contribution in [-0.4, -0.2) is 73.1 Å². The van der Waals surface area contributed by atoms with Gasteiger partial charge in [-0.15, -0.1) is 0 Å². The Hall–Kier alpha value is -3.63. The molecule has 0 radical (unpaired) electrons. The van der Waals surface area contributed by atoms with Gasteiger partial charge in [0.05, 0.1) is 11.4 Å². The van der Waals surface area contributed by atoms with Gasteiger partial charge in [-0.3, -0.25) is 0 Å². The van der Waals surface area contributed by atoms with Crippen LogP contribution in [0.5, 0.6) is 0 Å². The normalized spacial score (nSPS) is 14.0. The lowest BCUT2D eigenvalue weighted by molar-refractivity contribution is 0.230. The number of hydrogen-bond donors (Lipinski definition) is 3. The molecule has 1 aromatic heterocycles. The van der Waals surface area contributed by atoms with Crippen LogP contribution in [0.3, 0.4) is 0 Å². The van der Waals surface area contributed by atoms with Crippen LogP contribution in [0.2, 0.25) is 5.15 Å². The fourth-order valence-corrected chi connectivity index (χ4v) is 3.90. The molecule has 0 atom stereocenters. The summed E-state index contributed by atoms with van der Waals surface area (Å²) in [7, 11) is 5.38. The Bertz CT molecular complexity index is 1210. The number of anilines is 5. The number of piperazine rings is 1. The van der Waals surface area contributed by atoms with Crippen LogP contribution >= 0.6 is 11.6 Å². The number of likely N-dealkylation sites (N-methyl/N-ethyl adjacent to an activating group) is 1. The summed E-state index contributed by atoms with van der Waals surface area (Å²) in [6.45, 7) is 3.24. The molecule has 4 rings (SSSR count). The highest BCUT2D eigenvalue weighted by atomic mass is 35.5. The van der Waals surface area contributed by atoms with Crippen molar-refractivity contribution in [3.8, 4) is 11.1 Å². The Balaban J connectivity index is 1.71. The van der Waals surface area contributed by atoms with Gasteiger partial charge in [-0.1, -0.05) is 23.7 Å². The van der Waals surface area contributed by atoms with Gasteiger partial charge in [0.25, 0.3) is 0 Å². The van der Waals surface area contributed by atoms with E-state index in [2.05, 4.69) is 37.4 Å². The first-order chi connectivity index (χ1) is 16.7. The molecule has 2 amide bonds. The summed E-state index contributed by atoms with van der Waals surface area (Å²) >= 11 is 6.08. The Morgan fingerprint density at radius 3 is 2.46 bits per heavy atom. The number of aromatic nitrogens is 2. The number of nitrogens with two attached hydrogens (primary N) is 1. The zero-order valence-corrected chi connectivity index (χ0v) is 20.6. The second kappa shape index (κ2) is 10.3. The quantitative estimate of drug-likeness (QED) is 0.455. The zero-order chi connectivity index (χ0) is 25.1. The fraction of sp³-hybridized carbons (Fsp3) is 0.292. The summed E-state index contributed by atoms with van der Waals surface area (Å²) in [4.78, 5) is 25.8. The Morgan fingerprint density at radius 1 is 1.11 bits per heavy atom. The SMILES string of the molecule is CN1CCN(c2cc(F)c(-c3ccc(NC(=O)N(C)C)cc3)cc2Nc2ncnc(Cl)c2N)CC1. The van der Waals surface area contributed by atoms with Crippen molar-refractivity contribution in [2.24, 2.45) is 0 Å². The topological polar surface area (TPSA) is 103 Å². The number of benzene rings is 2. The molecule has 2 aromatic carbocycles. The molecule has 1 fully saturated rings. The molecule has 1 aliphatic heterocycles. The van der Waals surface area contributed by atoms with Gasteiger partial charge in [0.2, 0.25) is 0 Å². The van der Waals surface area contributed by atoms with Crippen molar-refractivity contribution >= 4 is 46.2 Å². The standard InChI is InChI=1S/C24H28ClFN8O/c1-32(2)24(35)30-16-6-4-15(5-7-16)17-12-19(31-23-21(27)22(25)28-14-29-23)20(13-18(17)26)34-10-8-33(3)9-11-34/h4-7,12-14H,8-11,27H2,1-3H3,(H,30,35)(H,28,29,31). The second-order valence-corrected chi connectivity index (χ2v) is 8.95. The molecule has 0 unspecified atom stereocenters. The third kappa shape index (κ3) is 5.55. The van der Waals surface area contributed by atoms with Gasteiger partial charge in [0.15, 0.2) is 11.0 Å². The summed E-state index contributed by atoms with van der Waals surface area (Å²) in [5, 5.41) is 6.15. The highest BCUT2D eigenvalue weighted by molar-refractivity contribution is 6.32. The maximum Gasteiger partial charge on any atom is 0.321 e. The summed E-state index contributed by atoms with van der Waals surface area (Å²) < 4.78 is 15.4. The van der Waals surface area contributed by atoms with Crippen molar-refractivity contribution in [1.29, 1.82) is 0 Å². The monoisotopic (exact) mass is 498 g/mol. The summed E-state index contributed by atoms with van der Waals surface area (Å²) in [5.41, 5.74) is 9.33. The summed E-state index contributed by atoms with van der Waals surface area (Å²) in [5.74, 6) is -0.0112. The predicted molar refractivity (Wildman–Crippen MR) is 139 cm³/mol. The van der Waals surface area contributed by atoms with Crippen molar-refractivity contribution in [3.63, 3.8) is 0 Å². The molecule has 3 aromatic rings. The first-order valence-electron chi connectivity index (χ1n) is 11.1. The van der Waals surface area contributed by atoms with Crippen LogP contribution in [0.15, 0.2) is 42.7 Å². The lowest BCUT2D eigenvalue weighted by Gasteiger charge is -2.35. The number of nitrogens with zero attached hydrogens (tertiary/aromatic N) is 5. The first-order valence-corrected chi connectivity index (χ1v) is 11.5. The number of nitrogen functional groups attached to an aromatic ring is 1. The molecule has 0 aliphatic carbocycles. The molecule has 35 heavy (non-hydrogen) atoms. The smallest absolute Gasteiger partial charge is 0.321 e. The number of urea groups is 1. The second-order valence-electron chi connectivity index (χ2n) is 8.59. The van der Waals surface area contributed by atoms with Gasteiger partial charge in [-0.25, -0.2) is 19.2 Å². The zero-order valence-electron chi connectivity index (χ0n) is 19.8. The number of amides is 2. The summed E-state index contributed by atoms with van der Waals surface area (Å²) in [6, 6.07) is 10.0. The minimum atomic E-state index is -0.358. The van der Waals surface area contributed by atoms with Gasteiger partial charge in [0, 0.05) is 51.5 Å². The average Bonchev–Trinajstić information content (AvgIpc) is 2.84. The van der Waals surface area contributed by atoms with Gasteiger partial charge >= 0.3 is 6.03 Å². The van der Waals surface area contributed by atoms with Crippen molar-refractivity contribution in [2.45, 2.75) is 0 Å². The van der Waals surface area contributed by atoms with Crippen LogP contribution < -0.4 is 21.3 Å². The van der Waals surface area contributed by atoms with Crippen molar-refractivity contribution < 1.29 is 9.18 Å². The Morgan fingerprint density at radius 2 is 1.80 bits per heavy atom. The largest absolute Gasteiger partial charge is 0.393 e. The molecule has 1 saturated heterocycles. The molecule has 2 heterocycles. The van der Waals surface area contributed by atoms with Crippen molar-refractivity contribution in [2.75, 3.05) is 68.6 Å². The van der Waals surface area contributed by atoms with E-state index in [1.807, 2.05) is 0 Å². The number of halogens is 2. The molecule has 0 saturated carbocycles. The number of rotatable bonds is 5. The molecule has 9 nitrogen and oxygen atoms in total. The van der Waals surface area contributed by atoms with Crippen LogP contribution in [-0.2, 0) is 0 Å². The molecule has 0 spiro atoms. The minimum absolute atomic E-state index is 0.140. The maximum atomic E-state index is 15.4. The van der Waals surface area contributed by atoms with E-state index in [-0.39, 0.29) is 22.7 Å². The van der Waals surface area contributed by atoms with Crippen molar-refractivity contribution in [1.82, 2.24) is 19.8 Å². The summed E-state index contributed by atoms with van der Waals surface area (Å²) in [6.07, 6.45) is 1.32. The average molecular weight is 499 g/mol. The molecule has 184 valence electrons. The van der Waals surface area contributed by atoms with Crippen LogP contribution in [0.25, 0.3) is 11.1 Å². The van der Waals surface area contributed by atoms with E-state index in [0.29, 0.717) is 34.0 Å². The van der Waals surface area contributed by atoms with Gasteiger partial charge in [-0.2, -0.15) is 0 Å². The van der Waals surface area contributed by atoms with Crippen LogP contribution in [0.1, 0.15) is 0 Å². The van der Waals surface area contributed by atoms with E-state index in [1.54, 1.807) is 44.4 Å². The Kier molecular flexibility index (Phi) is 7.23. The Labute approximate surface area is 208 Å². The third-order valence-corrected chi connectivity index (χ3v) is 6.17. The highest BCUT2D eigenvalue weighted by Gasteiger charge is 2.21. The fourth-order valence-electron chi connectivity index (χ4n) is 3.76. The number of carbonyl (C=O) groups is 1. The van der Waals surface area contributed by atoms with Crippen molar-refractivity contribution in [3.05, 3.63) is 53.7 Å². The molecule has 4 N–H and O–H groups in total. The molecular formula is C24H28ClFN8O. The minimum Gasteiger partial charge on any atom is -0.393 e.